The predicted molar refractivity (Wildman–Crippen MR) is 65.0 cm³/mol. The fourth-order valence-electron chi connectivity index (χ4n) is 1.23. The molecule has 1 rings (SSSR count). The summed E-state index contributed by atoms with van der Waals surface area (Å²) >= 11 is 0. The summed E-state index contributed by atoms with van der Waals surface area (Å²) in [4.78, 5) is 14.5. The minimum Gasteiger partial charge on any atom is -0.367 e. The number of H-pyrrole nitrogens is 1. The van der Waals surface area contributed by atoms with Gasteiger partial charge in [-0.1, -0.05) is 20.8 Å². The van der Waals surface area contributed by atoms with E-state index in [1.165, 1.54) is 5.56 Å². The molecule has 90 valence electrons. The first-order valence-corrected chi connectivity index (χ1v) is 5.61. The van der Waals surface area contributed by atoms with Crippen LogP contribution in [0.4, 0.5) is 0 Å². The highest BCUT2D eigenvalue weighted by Gasteiger charge is 2.19. The molecule has 0 bridgehead atoms. The average molecular weight is 223 g/mol. The van der Waals surface area contributed by atoms with Crippen LogP contribution in [0.2, 0.25) is 0 Å². The normalized spacial score (nSPS) is 11.4. The molecule has 0 aliphatic carbocycles. The van der Waals surface area contributed by atoms with Gasteiger partial charge in [0.25, 0.3) is 0 Å². The van der Waals surface area contributed by atoms with Gasteiger partial charge >= 0.3 is 0 Å². The molecule has 0 aliphatic heterocycles. The Morgan fingerprint density at radius 1 is 1.38 bits per heavy atom. The van der Waals surface area contributed by atoms with Gasteiger partial charge in [0.05, 0.1) is 0 Å². The zero-order valence-corrected chi connectivity index (χ0v) is 10.3. The fraction of sp³-hybridized carbons (Fsp3) is 0.583. The first-order valence-electron chi connectivity index (χ1n) is 5.61. The summed E-state index contributed by atoms with van der Waals surface area (Å²) in [6, 6.07) is 2.03. The first-order chi connectivity index (χ1) is 7.50. The number of nitrogens with one attached hydrogen (secondary N) is 3. The molecule has 0 saturated heterocycles. The summed E-state index contributed by atoms with van der Waals surface area (Å²) < 4.78 is 0. The number of rotatable bonds is 5. The van der Waals surface area contributed by atoms with Crippen molar-refractivity contribution in [3.63, 3.8) is 0 Å². The number of amides is 1. The molecule has 0 saturated carbocycles. The third-order valence-electron chi connectivity index (χ3n) is 2.26. The maximum Gasteiger partial charge on any atom is 0.225 e. The van der Waals surface area contributed by atoms with Crippen LogP contribution in [-0.4, -0.2) is 24.0 Å². The summed E-state index contributed by atoms with van der Waals surface area (Å²) in [7, 11) is 0. The minimum atomic E-state index is -0.305. The van der Waals surface area contributed by atoms with E-state index in [2.05, 4.69) is 15.6 Å². The Morgan fingerprint density at radius 2 is 2.12 bits per heavy atom. The number of aromatic nitrogens is 1. The molecule has 0 aromatic carbocycles. The molecule has 1 aromatic heterocycles. The van der Waals surface area contributed by atoms with Crippen molar-refractivity contribution in [2.45, 2.75) is 27.3 Å². The van der Waals surface area contributed by atoms with Crippen molar-refractivity contribution in [3.8, 4) is 0 Å². The summed E-state index contributed by atoms with van der Waals surface area (Å²) in [6.07, 6.45) is 3.86. The molecule has 4 heteroatoms. The topological polar surface area (TPSA) is 56.9 Å². The standard InChI is InChI=1S/C12H21N3O/c1-12(2,3)11(16)15-7-6-14-9-10-4-5-13-8-10/h4-5,8,13-14H,6-7,9H2,1-3H3,(H,15,16). The Bertz CT molecular complexity index is 312. The van der Waals surface area contributed by atoms with Crippen molar-refractivity contribution in [1.29, 1.82) is 0 Å². The highest BCUT2D eigenvalue weighted by molar-refractivity contribution is 5.81. The first kappa shape index (κ1) is 12.8. The van der Waals surface area contributed by atoms with Crippen molar-refractivity contribution in [3.05, 3.63) is 24.0 Å². The molecule has 1 heterocycles. The van der Waals surface area contributed by atoms with Gasteiger partial charge in [0, 0.05) is 37.4 Å². The van der Waals surface area contributed by atoms with Crippen LogP contribution in [0.3, 0.4) is 0 Å². The van der Waals surface area contributed by atoms with E-state index in [0.29, 0.717) is 6.54 Å². The molecule has 0 radical (unpaired) electrons. The van der Waals surface area contributed by atoms with Gasteiger partial charge in [-0.15, -0.1) is 0 Å². The van der Waals surface area contributed by atoms with Gasteiger partial charge in [0.2, 0.25) is 5.91 Å². The maximum atomic E-state index is 11.5. The lowest BCUT2D eigenvalue weighted by atomic mass is 9.96. The molecular formula is C12H21N3O. The van der Waals surface area contributed by atoms with Crippen LogP contribution in [0.5, 0.6) is 0 Å². The zero-order chi connectivity index (χ0) is 12.0. The summed E-state index contributed by atoms with van der Waals surface area (Å²) in [5, 5.41) is 6.15. The van der Waals surface area contributed by atoms with E-state index in [0.717, 1.165) is 13.1 Å². The monoisotopic (exact) mass is 223 g/mol. The fourth-order valence-corrected chi connectivity index (χ4v) is 1.23. The molecule has 1 aromatic rings. The molecule has 1 amide bonds. The van der Waals surface area contributed by atoms with E-state index in [1.54, 1.807) is 0 Å². The number of carbonyl (C=O) groups excluding carboxylic acids is 1. The van der Waals surface area contributed by atoms with Crippen molar-refractivity contribution in [1.82, 2.24) is 15.6 Å². The lowest BCUT2D eigenvalue weighted by Crippen LogP contribution is -2.38. The molecule has 4 nitrogen and oxygen atoms in total. The Kier molecular flexibility index (Phi) is 4.55. The van der Waals surface area contributed by atoms with Crippen molar-refractivity contribution < 1.29 is 4.79 Å². The largest absolute Gasteiger partial charge is 0.367 e. The Labute approximate surface area is 96.8 Å². The number of carbonyl (C=O) groups is 1. The second kappa shape index (κ2) is 5.70. The van der Waals surface area contributed by atoms with Gasteiger partial charge in [-0.3, -0.25) is 4.79 Å². The molecule has 0 spiro atoms. The Morgan fingerprint density at radius 3 is 2.69 bits per heavy atom. The van der Waals surface area contributed by atoms with Crippen LogP contribution >= 0.6 is 0 Å². The smallest absolute Gasteiger partial charge is 0.225 e. The lowest BCUT2D eigenvalue weighted by Gasteiger charge is -2.17. The van der Waals surface area contributed by atoms with Gasteiger partial charge in [-0.2, -0.15) is 0 Å². The van der Waals surface area contributed by atoms with E-state index in [-0.39, 0.29) is 11.3 Å². The van der Waals surface area contributed by atoms with E-state index >= 15 is 0 Å². The van der Waals surface area contributed by atoms with Gasteiger partial charge in [-0.25, -0.2) is 0 Å². The maximum absolute atomic E-state index is 11.5. The molecule has 0 unspecified atom stereocenters. The summed E-state index contributed by atoms with van der Waals surface area (Å²) in [5.74, 6) is 0.0935. The molecule has 0 aliphatic rings. The SMILES string of the molecule is CC(C)(C)C(=O)NCCNCc1cc[nH]c1. The van der Waals surface area contributed by atoms with Crippen LogP contribution in [0.25, 0.3) is 0 Å². The van der Waals surface area contributed by atoms with Gasteiger partial charge < -0.3 is 15.6 Å². The Balaban J connectivity index is 2.06. The van der Waals surface area contributed by atoms with E-state index in [1.807, 2.05) is 39.2 Å². The second-order valence-electron chi connectivity index (χ2n) is 4.90. The van der Waals surface area contributed by atoms with Crippen molar-refractivity contribution >= 4 is 5.91 Å². The van der Waals surface area contributed by atoms with Crippen LogP contribution < -0.4 is 10.6 Å². The van der Waals surface area contributed by atoms with Crippen LogP contribution in [0.15, 0.2) is 18.5 Å². The summed E-state index contributed by atoms with van der Waals surface area (Å²) in [5.41, 5.74) is 0.919. The molecule has 0 fully saturated rings. The number of hydrogen-bond donors (Lipinski definition) is 3. The van der Waals surface area contributed by atoms with E-state index < -0.39 is 0 Å². The van der Waals surface area contributed by atoms with Gasteiger partial charge in [0.1, 0.15) is 0 Å². The van der Waals surface area contributed by atoms with Crippen LogP contribution in [0, 0.1) is 5.41 Å². The van der Waals surface area contributed by atoms with Crippen molar-refractivity contribution in [2.24, 2.45) is 5.41 Å². The van der Waals surface area contributed by atoms with E-state index in [9.17, 15) is 4.79 Å². The molecule has 0 atom stereocenters. The predicted octanol–water partition coefficient (Wildman–Crippen LogP) is 1.27. The second-order valence-corrected chi connectivity index (χ2v) is 4.90. The molecule has 3 N–H and O–H groups in total. The number of hydrogen-bond acceptors (Lipinski definition) is 2. The molecule has 16 heavy (non-hydrogen) atoms. The highest BCUT2D eigenvalue weighted by atomic mass is 16.2. The summed E-state index contributed by atoms with van der Waals surface area (Å²) in [6.45, 7) is 8.02. The third kappa shape index (κ3) is 4.49. The third-order valence-corrected chi connectivity index (χ3v) is 2.26. The van der Waals surface area contributed by atoms with Crippen molar-refractivity contribution in [2.75, 3.05) is 13.1 Å². The quantitative estimate of drug-likeness (QED) is 0.658. The lowest BCUT2D eigenvalue weighted by molar-refractivity contribution is -0.128. The van der Waals surface area contributed by atoms with Gasteiger partial charge in [-0.05, 0) is 11.6 Å². The van der Waals surface area contributed by atoms with Gasteiger partial charge in [0.15, 0.2) is 0 Å². The van der Waals surface area contributed by atoms with E-state index in [4.69, 9.17) is 0 Å². The van der Waals surface area contributed by atoms with Crippen LogP contribution in [-0.2, 0) is 11.3 Å². The number of aromatic amines is 1. The molecular weight excluding hydrogens is 202 g/mol. The van der Waals surface area contributed by atoms with Crippen LogP contribution in [0.1, 0.15) is 26.3 Å². The average Bonchev–Trinajstić information content (AvgIpc) is 2.68. The highest BCUT2D eigenvalue weighted by Crippen LogP contribution is 2.11. The zero-order valence-electron chi connectivity index (χ0n) is 10.3. The Hall–Kier alpha value is -1.29. The minimum absolute atomic E-state index is 0.0935.